The maximum atomic E-state index is 12.6. The number of aryl methyl sites for hydroxylation is 1. The first-order valence-corrected chi connectivity index (χ1v) is 9.27. The van der Waals surface area contributed by atoms with Crippen LogP contribution >= 0.6 is 0 Å². The van der Waals surface area contributed by atoms with E-state index in [1.165, 1.54) is 18.2 Å². The second-order valence-corrected chi connectivity index (χ2v) is 6.99. The first-order valence-electron chi connectivity index (χ1n) is 9.27. The highest BCUT2D eigenvalue weighted by Gasteiger charge is 2.43. The Morgan fingerprint density at radius 3 is 2.71 bits per heavy atom. The zero-order chi connectivity index (χ0) is 19.5. The third kappa shape index (κ3) is 3.54. The summed E-state index contributed by atoms with van der Waals surface area (Å²) < 4.78 is 4.67. The predicted octanol–water partition coefficient (Wildman–Crippen LogP) is 1.70. The molecule has 2 aromatic rings. The Morgan fingerprint density at radius 2 is 1.93 bits per heavy atom. The van der Waals surface area contributed by atoms with Gasteiger partial charge in [0.05, 0.1) is 24.9 Å². The largest absolute Gasteiger partial charge is 0.465 e. The topological polar surface area (TPSA) is 91.8 Å². The van der Waals surface area contributed by atoms with Gasteiger partial charge in [-0.05, 0) is 41.7 Å². The van der Waals surface area contributed by atoms with Gasteiger partial charge in [-0.15, -0.1) is 0 Å². The Morgan fingerprint density at radius 1 is 1.14 bits per heavy atom. The zero-order valence-electron chi connectivity index (χ0n) is 15.5. The van der Waals surface area contributed by atoms with E-state index in [4.69, 9.17) is 0 Å². The maximum absolute atomic E-state index is 12.6. The predicted molar refractivity (Wildman–Crippen MR) is 105 cm³/mol. The van der Waals surface area contributed by atoms with Crippen molar-refractivity contribution in [3.8, 4) is 0 Å². The molecule has 3 unspecified atom stereocenters. The number of esters is 1. The lowest BCUT2D eigenvalue weighted by Crippen LogP contribution is -2.44. The number of nitrogens with zero attached hydrogens (tertiary/aromatic N) is 1. The fourth-order valence-corrected chi connectivity index (χ4v) is 3.94. The SMILES string of the molecule is COC(=O)c1ccc(/C=N/NC(=O)C2NNC3c4ccccc4CCC23)cc1. The summed E-state index contributed by atoms with van der Waals surface area (Å²) in [4.78, 5) is 24.0. The molecular weight excluding hydrogens is 356 g/mol. The van der Waals surface area contributed by atoms with Gasteiger partial charge in [0.25, 0.3) is 5.91 Å². The van der Waals surface area contributed by atoms with Crippen LogP contribution in [0.2, 0.25) is 0 Å². The molecule has 3 N–H and O–H groups in total. The maximum Gasteiger partial charge on any atom is 0.337 e. The second-order valence-electron chi connectivity index (χ2n) is 6.99. The van der Waals surface area contributed by atoms with Crippen molar-refractivity contribution in [3.05, 3.63) is 70.8 Å². The van der Waals surface area contributed by atoms with Crippen molar-refractivity contribution in [2.24, 2.45) is 11.0 Å². The normalized spacial score (nSPS) is 23.1. The molecule has 0 radical (unpaired) electrons. The van der Waals surface area contributed by atoms with Crippen LogP contribution in [0.3, 0.4) is 0 Å². The average molecular weight is 378 g/mol. The van der Waals surface area contributed by atoms with Crippen LogP contribution in [-0.2, 0) is 16.0 Å². The number of methoxy groups -OCH3 is 1. The molecular formula is C21H22N4O3. The van der Waals surface area contributed by atoms with Gasteiger partial charge < -0.3 is 4.74 Å². The number of benzene rings is 2. The summed E-state index contributed by atoms with van der Waals surface area (Å²) in [5, 5.41) is 4.05. The van der Waals surface area contributed by atoms with Crippen LogP contribution < -0.4 is 16.3 Å². The third-order valence-electron chi connectivity index (χ3n) is 5.39. The van der Waals surface area contributed by atoms with E-state index >= 15 is 0 Å². The second kappa shape index (κ2) is 7.92. The fourth-order valence-electron chi connectivity index (χ4n) is 3.94. The van der Waals surface area contributed by atoms with Crippen LogP contribution in [0.5, 0.6) is 0 Å². The van der Waals surface area contributed by atoms with Crippen LogP contribution in [0.15, 0.2) is 53.6 Å². The number of hydrogen-bond donors (Lipinski definition) is 3. The van der Waals surface area contributed by atoms with E-state index in [0.29, 0.717) is 5.56 Å². The Bertz CT molecular complexity index is 910. The quantitative estimate of drug-likeness (QED) is 0.428. The first-order chi connectivity index (χ1) is 13.7. The monoisotopic (exact) mass is 378 g/mol. The van der Waals surface area contributed by atoms with Crippen molar-refractivity contribution in [2.45, 2.75) is 24.9 Å². The summed E-state index contributed by atoms with van der Waals surface area (Å²) in [6.45, 7) is 0. The number of nitrogens with one attached hydrogen (secondary N) is 3. The minimum absolute atomic E-state index is 0.135. The molecule has 7 nitrogen and oxygen atoms in total. The molecule has 7 heteroatoms. The van der Waals surface area contributed by atoms with Crippen molar-refractivity contribution in [3.63, 3.8) is 0 Å². The Kier molecular flexibility index (Phi) is 5.18. The van der Waals surface area contributed by atoms with E-state index < -0.39 is 0 Å². The Labute approximate surface area is 163 Å². The molecule has 1 aliphatic heterocycles. The van der Waals surface area contributed by atoms with Gasteiger partial charge in [-0.2, -0.15) is 5.10 Å². The summed E-state index contributed by atoms with van der Waals surface area (Å²) in [6, 6.07) is 14.9. The highest BCUT2D eigenvalue weighted by molar-refractivity contribution is 5.91. The molecule has 3 atom stereocenters. The molecule has 1 saturated heterocycles. The summed E-state index contributed by atoms with van der Waals surface area (Å²) in [7, 11) is 1.34. The van der Waals surface area contributed by atoms with Crippen molar-refractivity contribution in [1.82, 2.24) is 16.3 Å². The van der Waals surface area contributed by atoms with Gasteiger partial charge in [0.15, 0.2) is 0 Å². The van der Waals surface area contributed by atoms with Crippen LogP contribution in [-0.4, -0.2) is 31.2 Å². The van der Waals surface area contributed by atoms with E-state index in [9.17, 15) is 9.59 Å². The molecule has 2 aromatic carbocycles. The van der Waals surface area contributed by atoms with E-state index in [0.717, 1.165) is 18.4 Å². The number of hydrazine groups is 1. The summed E-state index contributed by atoms with van der Waals surface area (Å²) in [5.41, 5.74) is 12.9. The summed E-state index contributed by atoms with van der Waals surface area (Å²) in [5.74, 6) is -0.369. The van der Waals surface area contributed by atoms with Crippen molar-refractivity contribution >= 4 is 18.1 Å². The van der Waals surface area contributed by atoms with Gasteiger partial charge in [0.1, 0.15) is 6.04 Å². The standard InChI is InChI=1S/C21H22N4O3/c1-28-21(27)15-8-6-13(7-9-15)12-22-25-20(26)19-17-11-10-14-4-2-3-5-16(14)18(17)23-24-19/h2-9,12,17-19,23-24H,10-11H2,1H3,(H,25,26)/b22-12+. The Balaban J connectivity index is 1.37. The lowest BCUT2D eigenvalue weighted by Gasteiger charge is -2.29. The number of hydrazone groups is 1. The minimum Gasteiger partial charge on any atom is -0.465 e. The molecule has 0 bridgehead atoms. The van der Waals surface area contributed by atoms with Gasteiger partial charge in [-0.1, -0.05) is 36.4 Å². The number of hydrogen-bond acceptors (Lipinski definition) is 6. The molecule has 144 valence electrons. The van der Waals surface area contributed by atoms with E-state index in [-0.39, 0.29) is 29.9 Å². The highest BCUT2D eigenvalue weighted by Crippen LogP contribution is 2.38. The average Bonchev–Trinajstić information content (AvgIpc) is 3.18. The zero-order valence-corrected chi connectivity index (χ0v) is 15.5. The molecule has 1 heterocycles. The molecule has 2 aliphatic rings. The number of carbonyl (C=O) groups is 2. The minimum atomic E-state index is -0.389. The number of carbonyl (C=O) groups excluding carboxylic acids is 2. The van der Waals surface area contributed by atoms with Crippen LogP contribution in [0, 0.1) is 5.92 Å². The van der Waals surface area contributed by atoms with Gasteiger partial charge in [0, 0.05) is 5.92 Å². The van der Waals surface area contributed by atoms with E-state index in [1.54, 1.807) is 30.5 Å². The van der Waals surface area contributed by atoms with Gasteiger partial charge in [-0.3, -0.25) is 4.79 Å². The molecule has 0 saturated carbocycles. The van der Waals surface area contributed by atoms with Gasteiger partial charge in [-0.25, -0.2) is 21.1 Å². The number of ether oxygens (including phenoxy) is 1. The molecule has 1 fully saturated rings. The molecule has 1 amide bonds. The molecule has 4 rings (SSSR count). The third-order valence-corrected chi connectivity index (χ3v) is 5.39. The molecule has 0 spiro atoms. The van der Waals surface area contributed by atoms with Crippen LogP contribution in [0.4, 0.5) is 0 Å². The number of rotatable bonds is 4. The van der Waals surface area contributed by atoms with Crippen LogP contribution in [0.1, 0.15) is 39.5 Å². The summed E-state index contributed by atoms with van der Waals surface area (Å²) in [6.07, 6.45) is 3.47. The van der Waals surface area contributed by atoms with E-state index in [2.05, 4.69) is 44.3 Å². The highest BCUT2D eigenvalue weighted by atomic mass is 16.5. The summed E-state index contributed by atoms with van der Waals surface area (Å²) >= 11 is 0. The van der Waals surface area contributed by atoms with Gasteiger partial charge >= 0.3 is 5.97 Å². The van der Waals surface area contributed by atoms with E-state index in [1.807, 2.05) is 6.07 Å². The van der Waals surface area contributed by atoms with Crippen molar-refractivity contribution in [2.75, 3.05) is 7.11 Å². The molecule has 0 aromatic heterocycles. The fraction of sp³-hybridized carbons (Fsp3) is 0.286. The first kappa shape index (κ1) is 18.3. The number of amides is 1. The van der Waals surface area contributed by atoms with Crippen molar-refractivity contribution in [1.29, 1.82) is 0 Å². The number of fused-ring (bicyclic) bond motifs is 3. The van der Waals surface area contributed by atoms with Crippen molar-refractivity contribution < 1.29 is 14.3 Å². The molecule has 1 aliphatic carbocycles. The lowest BCUT2D eigenvalue weighted by atomic mass is 9.77. The Hall–Kier alpha value is -3.03. The smallest absolute Gasteiger partial charge is 0.337 e. The lowest BCUT2D eigenvalue weighted by molar-refractivity contribution is -0.123. The van der Waals surface area contributed by atoms with Crippen LogP contribution in [0.25, 0.3) is 0 Å². The van der Waals surface area contributed by atoms with Gasteiger partial charge in [0.2, 0.25) is 0 Å². The molecule has 28 heavy (non-hydrogen) atoms.